The number of nitrogen functional groups attached to an aromatic ring is 1. The lowest BCUT2D eigenvalue weighted by Crippen LogP contribution is -2.37. The number of phosphoric acid groups is 1. The van der Waals surface area contributed by atoms with Gasteiger partial charge in [-0.3, -0.25) is 9.46 Å². The summed E-state index contributed by atoms with van der Waals surface area (Å²) in [5, 5.41) is 9.36. The number of likely N-dealkylation sites (N-methyl/N-ethyl adjacent to an activating group) is 2. The van der Waals surface area contributed by atoms with E-state index < -0.39 is 7.82 Å². The Morgan fingerprint density at radius 2 is 1.88 bits per heavy atom. The molecule has 0 fully saturated rings. The van der Waals surface area contributed by atoms with Crippen molar-refractivity contribution >= 4 is 13.5 Å². The van der Waals surface area contributed by atoms with Crippen molar-refractivity contribution in [3.05, 3.63) is 29.3 Å². The molecule has 0 aliphatic rings. The van der Waals surface area contributed by atoms with Crippen molar-refractivity contribution in [3.63, 3.8) is 0 Å². The Morgan fingerprint density at radius 3 is 2.48 bits per heavy atom. The minimum absolute atomic E-state index is 0.00156. The van der Waals surface area contributed by atoms with E-state index in [1.807, 2.05) is 33.1 Å². The summed E-state index contributed by atoms with van der Waals surface area (Å²) >= 11 is 0. The van der Waals surface area contributed by atoms with Crippen LogP contribution in [-0.4, -0.2) is 69.0 Å². The van der Waals surface area contributed by atoms with Crippen LogP contribution in [0.2, 0.25) is 0 Å². The predicted octanol–water partition coefficient (Wildman–Crippen LogP) is 0.401. The van der Waals surface area contributed by atoms with Crippen molar-refractivity contribution in [1.29, 1.82) is 0 Å². The second kappa shape index (κ2) is 9.64. The first-order chi connectivity index (χ1) is 11.5. The van der Waals surface area contributed by atoms with E-state index in [0.29, 0.717) is 29.8 Å². The molecule has 9 heteroatoms. The minimum atomic E-state index is -4.29. The smallest absolute Gasteiger partial charge is 0.268 e. The molecule has 0 radical (unpaired) electrons. The number of nitrogens with zero attached hydrogens (tertiary/aromatic N) is 2. The van der Waals surface area contributed by atoms with Gasteiger partial charge in [0.15, 0.2) is 0 Å². The van der Waals surface area contributed by atoms with E-state index in [4.69, 9.17) is 14.8 Å². The van der Waals surface area contributed by atoms with Gasteiger partial charge in [0.05, 0.1) is 34.4 Å². The Morgan fingerprint density at radius 1 is 1.24 bits per heavy atom. The first-order valence-corrected chi connectivity index (χ1v) is 9.56. The number of hydrogen-bond acceptors (Lipinski definition) is 7. The first kappa shape index (κ1) is 22.1. The molecule has 3 N–H and O–H groups in total. The van der Waals surface area contributed by atoms with Crippen molar-refractivity contribution in [2.24, 2.45) is 0 Å². The molecule has 0 heterocycles. The highest BCUT2D eigenvalue weighted by Crippen LogP contribution is 2.37. The SMILES string of the molecule is CN(CCOP(=O)([O-])OCC[N+](C)(C)C)Cc1cc(N)ccc1CO. The molecule has 1 aromatic carbocycles. The number of anilines is 1. The average Bonchev–Trinajstić information content (AvgIpc) is 2.45. The molecule has 0 saturated heterocycles. The summed E-state index contributed by atoms with van der Waals surface area (Å²) in [6.07, 6.45) is 0. The largest absolute Gasteiger partial charge is 0.756 e. The number of aliphatic hydroxyl groups is 1. The number of benzene rings is 1. The second-order valence-electron chi connectivity index (χ2n) is 7.05. The molecule has 1 unspecified atom stereocenters. The van der Waals surface area contributed by atoms with E-state index in [9.17, 15) is 14.6 Å². The van der Waals surface area contributed by atoms with Crippen LogP contribution in [0.5, 0.6) is 0 Å². The van der Waals surface area contributed by atoms with Crippen LogP contribution in [0.25, 0.3) is 0 Å². The molecule has 1 rings (SSSR count). The number of phosphoric ester groups is 1. The molecule has 0 aliphatic carbocycles. The third kappa shape index (κ3) is 9.32. The van der Waals surface area contributed by atoms with Gasteiger partial charge < -0.3 is 29.3 Å². The summed E-state index contributed by atoms with van der Waals surface area (Å²) in [5.41, 5.74) is 8.08. The fourth-order valence-corrected chi connectivity index (χ4v) is 2.77. The van der Waals surface area contributed by atoms with Crippen molar-refractivity contribution < 1.29 is 28.1 Å². The molecule has 0 bridgehead atoms. The Kier molecular flexibility index (Phi) is 8.50. The highest BCUT2D eigenvalue weighted by Gasteiger charge is 2.14. The van der Waals surface area contributed by atoms with Crippen molar-refractivity contribution in [2.75, 3.05) is 60.2 Å². The van der Waals surface area contributed by atoms with Gasteiger partial charge in [-0.15, -0.1) is 0 Å². The lowest BCUT2D eigenvalue weighted by molar-refractivity contribution is -0.870. The summed E-state index contributed by atoms with van der Waals surface area (Å²) in [5.74, 6) is 0. The van der Waals surface area contributed by atoms with E-state index in [1.54, 1.807) is 18.2 Å². The van der Waals surface area contributed by atoms with Gasteiger partial charge >= 0.3 is 0 Å². The number of aliphatic hydroxyl groups excluding tert-OH is 1. The summed E-state index contributed by atoms with van der Waals surface area (Å²) in [7, 11) is 3.40. The van der Waals surface area contributed by atoms with Gasteiger partial charge in [0.1, 0.15) is 13.2 Å². The Balaban J connectivity index is 2.40. The molecule has 8 nitrogen and oxygen atoms in total. The highest BCUT2D eigenvalue weighted by atomic mass is 31.2. The van der Waals surface area contributed by atoms with E-state index in [2.05, 4.69) is 0 Å². The Labute approximate surface area is 150 Å². The van der Waals surface area contributed by atoms with E-state index in [1.165, 1.54) is 0 Å². The van der Waals surface area contributed by atoms with E-state index in [0.717, 1.165) is 11.1 Å². The van der Waals surface area contributed by atoms with Crippen molar-refractivity contribution in [1.82, 2.24) is 4.90 Å². The molecular formula is C16H30N3O5P. The second-order valence-corrected chi connectivity index (χ2v) is 8.46. The molecule has 0 amide bonds. The van der Waals surface area contributed by atoms with Gasteiger partial charge in [-0.1, -0.05) is 6.07 Å². The zero-order valence-electron chi connectivity index (χ0n) is 15.5. The summed E-state index contributed by atoms with van der Waals surface area (Å²) < 4.78 is 22.1. The van der Waals surface area contributed by atoms with Crippen LogP contribution in [0.15, 0.2) is 18.2 Å². The Bertz CT molecular complexity index is 592. The maximum Gasteiger partial charge on any atom is 0.268 e. The van der Waals surface area contributed by atoms with Gasteiger partial charge in [0.2, 0.25) is 0 Å². The standard InChI is InChI=1S/C16H30N3O5P/c1-18(12-15-11-16(17)6-5-14(15)13-20)7-9-23-25(21,22)24-10-8-19(2,3)4/h5-6,11,20H,7-10,12-13,17H2,1-4H3. The third-order valence-electron chi connectivity index (χ3n) is 3.57. The van der Waals surface area contributed by atoms with Gasteiger partial charge in [0, 0.05) is 18.8 Å². The van der Waals surface area contributed by atoms with Crippen molar-refractivity contribution in [3.8, 4) is 0 Å². The minimum Gasteiger partial charge on any atom is -0.756 e. The van der Waals surface area contributed by atoms with E-state index in [-0.39, 0.29) is 19.8 Å². The maximum atomic E-state index is 11.7. The fourth-order valence-electron chi connectivity index (χ4n) is 2.09. The monoisotopic (exact) mass is 375 g/mol. The lowest BCUT2D eigenvalue weighted by Gasteiger charge is -2.27. The molecule has 1 atom stereocenters. The maximum absolute atomic E-state index is 11.7. The molecular weight excluding hydrogens is 345 g/mol. The van der Waals surface area contributed by atoms with Crippen LogP contribution in [0.1, 0.15) is 11.1 Å². The summed E-state index contributed by atoms with van der Waals surface area (Å²) in [6.45, 7) is 1.49. The lowest BCUT2D eigenvalue weighted by atomic mass is 10.1. The molecule has 144 valence electrons. The zero-order valence-corrected chi connectivity index (χ0v) is 16.4. The van der Waals surface area contributed by atoms with Crippen molar-refractivity contribution in [2.45, 2.75) is 13.2 Å². The first-order valence-electron chi connectivity index (χ1n) is 8.10. The van der Waals surface area contributed by atoms with E-state index >= 15 is 0 Å². The molecule has 0 aliphatic heterocycles. The predicted molar refractivity (Wildman–Crippen MR) is 95.5 cm³/mol. The number of nitrogens with two attached hydrogens (primary N) is 1. The summed E-state index contributed by atoms with van der Waals surface area (Å²) in [4.78, 5) is 13.6. The molecule has 0 aromatic heterocycles. The van der Waals surface area contributed by atoms with Crippen LogP contribution < -0.4 is 10.6 Å². The number of hydrogen-bond donors (Lipinski definition) is 2. The van der Waals surface area contributed by atoms with Crippen LogP contribution in [0, 0.1) is 0 Å². The van der Waals surface area contributed by atoms with Crippen LogP contribution in [0.3, 0.4) is 0 Å². The van der Waals surface area contributed by atoms with Gasteiger partial charge in [-0.25, -0.2) is 0 Å². The molecule has 1 aromatic rings. The summed E-state index contributed by atoms with van der Waals surface area (Å²) in [6, 6.07) is 5.32. The van der Waals surface area contributed by atoms with Gasteiger partial charge in [-0.2, -0.15) is 0 Å². The normalized spacial score (nSPS) is 14.7. The third-order valence-corrected chi connectivity index (χ3v) is 4.57. The van der Waals surface area contributed by atoms with Crippen LogP contribution in [0.4, 0.5) is 5.69 Å². The zero-order chi connectivity index (χ0) is 19.1. The highest BCUT2D eigenvalue weighted by molar-refractivity contribution is 7.45. The number of rotatable bonds is 11. The fraction of sp³-hybridized carbons (Fsp3) is 0.625. The van der Waals surface area contributed by atoms with Gasteiger partial charge in [0.25, 0.3) is 7.82 Å². The van der Waals surface area contributed by atoms with Crippen LogP contribution >= 0.6 is 7.82 Å². The quantitative estimate of drug-likeness (QED) is 0.327. The van der Waals surface area contributed by atoms with Crippen LogP contribution in [-0.2, 0) is 26.8 Å². The van der Waals surface area contributed by atoms with Gasteiger partial charge in [-0.05, 0) is 30.3 Å². The molecule has 0 spiro atoms. The average molecular weight is 375 g/mol. The Hall–Kier alpha value is -0.990. The molecule has 25 heavy (non-hydrogen) atoms. The molecule has 0 saturated carbocycles. The number of quaternary nitrogens is 1. The topological polar surface area (TPSA) is 108 Å².